The average Bonchev–Trinajstić information content (AvgIpc) is 2.67. The monoisotopic (exact) mass is 411 g/mol. The Kier molecular flexibility index (Phi) is 7.20. The Bertz CT molecular complexity index is 901. The lowest BCUT2D eigenvalue weighted by Crippen LogP contribution is -2.34. The number of carbonyl (C=O) groups is 1. The minimum Gasteiger partial charge on any atom is -0.469 e. The van der Waals surface area contributed by atoms with E-state index in [1.807, 2.05) is 0 Å². The average molecular weight is 412 g/mol. The van der Waals surface area contributed by atoms with Gasteiger partial charge >= 0.3 is 5.97 Å². The van der Waals surface area contributed by atoms with Gasteiger partial charge in [0.1, 0.15) is 0 Å². The van der Waals surface area contributed by atoms with E-state index < -0.39 is 16.0 Å². The molecular formula is C18H22ClN3O4S. The molecule has 2 rings (SSSR count). The zero-order chi connectivity index (χ0) is 20.0. The van der Waals surface area contributed by atoms with Crippen molar-refractivity contribution in [2.45, 2.75) is 24.4 Å². The maximum atomic E-state index is 13.3. The second-order valence-corrected chi connectivity index (χ2v) is 7.96. The number of ether oxygens (including phenoxy) is 1. The van der Waals surface area contributed by atoms with Crippen molar-refractivity contribution in [1.82, 2.24) is 0 Å². The number of nitrogens with two attached hydrogens (primary N) is 2. The molecule has 0 bridgehead atoms. The summed E-state index contributed by atoms with van der Waals surface area (Å²) in [5, 5.41) is 0.353. The topological polar surface area (TPSA) is 116 Å². The molecule has 0 aliphatic rings. The summed E-state index contributed by atoms with van der Waals surface area (Å²) < 4.78 is 32.3. The first-order chi connectivity index (χ1) is 12.8. The van der Waals surface area contributed by atoms with Crippen LogP contribution < -0.4 is 15.8 Å². The van der Waals surface area contributed by atoms with Crippen molar-refractivity contribution < 1.29 is 17.9 Å². The lowest BCUT2D eigenvalue weighted by Gasteiger charge is -2.26. The maximum Gasteiger partial charge on any atom is 0.307 e. The molecular weight excluding hydrogens is 390 g/mol. The second kappa shape index (κ2) is 9.18. The number of carbonyl (C=O) groups excluding carboxylic acids is 1. The highest BCUT2D eigenvalue weighted by Gasteiger charge is 2.28. The van der Waals surface area contributed by atoms with Gasteiger partial charge < -0.3 is 16.2 Å². The Morgan fingerprint density at radius 3 is 2.33 bits per heavy atom. The van der Waals surface area contributed by atoms with E-state index in [1.54, 1.807) is 30.3 Å². The van der Waals surface area contributed by atoms with Crippen molar-refractivity contribution in [3.8, 4) is 0 Å². The molecule has 0 heterocycles. The van der Waals surface area contributed by atoms with Crippen LogP contribution in [0.15, 0.2) is 47.4 Å². The number of esters is 1. The number of hydrogen-bond donors (Lipinski definition) is 2. The van der Waals surface area contributed by atoms with E-state index in [4.69, 9.17) is 23.1 Å². The van der Waals surface area contributed by atoms with Crippen LogP contribution in [0.5, 0.6) is 0 Å². The normalized spacial score (nSPS) is 11.3. The number of rotatable bonds is 8. The molecule has 7 nitrogen and oxygen atoms in total. The number of anilines is 1. The summed E-state index contributed by atoms with van der Waals surface area (Å²) in [5.74, 6) is -0.523. The van der Waals surface area contributed by atoms with Crippen LogP contribution >= 0.6 is 11.6 Å². The van der Waals surface area contributed by atoms with Crippen LogP contribution in [0.25, 0.3) is 0 Å². The Balaban J connectivity index is 2.54. The van der Waals surface area contributed by atoms with Crippen molar-refractivity contribution >= 4 is 33.3 Å². The highest BCUT2D eigenvalue weighted by Crippen LogP contribution is 2.31. The number of sulfonamides is 1. The standard InChI is InChI=1S/C18H22ClN3O4S/c1-26-18(23)9-10-22(17-4-2-3-16(19)15(17)12-21)27(24,25)14-7-5-13(11-20)6-8-14/h2-8H,9-12,20-21H2,1H3. The fourth-order valence-electron chi connectivity index (χ4n) is 2.57. The van der Waals surface area contributed by atoms with E-state index >= 15 is 0 Å². The van der Waals surface area contributed by atoms with E-state index in [0.29, 0.717) is 22.8 Å². The van der Waals surface area contributed by atoms with Gasteiger partial charge in [0.25, 0.3) is 10.0 Å². The van der Waals surface area contributed by atoms with Gasteiger partial charge in [-0.3, -0.25) is 9.10 Å². The predicted molar refractivity (Wildman–Crippen MR) is 105 cm³/mol. The molecule has 146 valence electrons. The fraction of sp³-hybridized carbons (Fsp3) is 0.278. The number of nitrogens with zero attached hydrogens (tertiary/aromatic N) is 1. The molecule has 0 fully saturated rings. The van der Waals surface area contributed by atoms with Crippen LogP contribution in [-0.4, -0.2) is 28.0 Å². The molecule has 0 amide bonds. The van der Waals surface area contributed by atoms with Crippen molar-refractivity contribution in [2.24, 2.45) is 11.5 Å². The van der Waals surface area contributed by atoms with E-state index in [0.717, 1.165) is 9.87 Å². The molecule has 0 saturated heterocycles. The van der Waals surface area contributed by atoms with Crippen LogP contribution in [0.1, 0.15) is 17.5 Å². The van der Waals surface area contributed by atoms with E-state index in [2.05, 4.69) is 4.74 Å². The van der Waals surface area contributed by atoms with E-state index in [-0.39, 0.29) is 24.4 Å². The molecule has 0 aliphatic carbocycles. The molecule has 0 aromatic heterocycles. The molecule has 2 aromatic carbocycles. The first-order valence-electron chi connectivity index (χ1n) is 8.21. The quantitative estimate of drug-likeness (QED) is 0.642. The highest BCUT2D eigenvalue weighted by molar-refractivity contribution is 7.92. The third-order valence-corrected chi connectivity index (χ3v) is 6.24. The van der Waals surface area contributed by atoms with Crippen LogP contribution in [0.2, 0.25) is 5.02 Å². The molecule has 0 saturated carbocycles. The Labute approximate surface area is 163 Å². The van der Waals surface area contributed by atoms with Crippen LogP contribution in [0, 0.1) is 0 Å². The predicted octanol–water partition coefficient (Wildman–Crippen LogP) is 2.02. The minimum atomic E-state index is -3.96. The fourth-order valence-corrected chi connectivity index (χ4v) is 4.32. The van der Waals surface area contributed by atoms with Gasteiger partial charge in [-0.25, -0.2) is 8.42 Å². The summed E-state index contributed by atoms with van der Waals surface area (Å²) in [4.78, 5) is 11.7. The van der Waals surface area contributed by atoms with Gasteiger partial charge in [0.15, 0.2) is 0 Å². The molecule has 0 unspecified atom stereocenters. The van der Waals surface area contributed by atoms with Gasteiger partial charge in [-0.2, -0.15) is 0 Å². The van der Waals surface area contributed by atoms with Crippen molar-refractivity contribution in [3.63, 3.8) is 0 Å². The summed E-state index contributed by atoms with van der Waals surface area (Å²) in [6, 6.07) is 11.1. The molecule has 2 aromatic rings. The van der Waals surface area contributed by atoms with Gasteiger partial charge in [0, 0.05) is 30.2 Å². The van der Waals surface area contributed by atoms with Crippen molar-refractivity contribution in [1.29, 1.82) is 0 Å². The molecule has 0 radical (unpaired) electrons. The molecule has 0 aliphatic heterocycles. The maximum absolute atomic E-state index is 13.3. The van der Waals surface area contributed by atoms with Crippen molar-refractivity contribution in [2.75, 3.05) is 18.0 Å². The number of benzene rings is 2. The minimum absolute atomic E-state index is 0.0470. The van der Waals surface area contributed by atoms with Gasteiger partial charge in [-0.05, 0) is 29.8 Å². The summed E-state index contributed by atoms with van der Waals surface area (Å²) in [6.45, 7) is 0.240. The molecule has 4 N–H and O–H groups in total. The first kappa shape index (κ1) is 21.2. The van der Waals surface area contributed by atoms with Gasteiger partial charge in [-0.15, -0.1) is 0 Å². The van der Waals surface area contributed by atoms with Crippen LogP contribution in [-0.2, 0) is 32.6 Å². The molecule has 9 heteroatoms. The Morgan fingerprint density at radius 2 is 1.78 bits per heavy atom. The largest absolute Gasteiger partial charge is 0.469 e. The Hall–Kier alpha value is -2.13. The lowest BCUT2D eigenvalue weighted by atomic mass is 10.1. The van der Waals surface area contributed by atoms with Crippen molar-refractivity contribution in [3.05, 3.63) is 58.6 Å². The van der Waals surface area contributed by atoms with Crippen LogP contribution in [0.4, 0.5) is 5.69 Å². The van der Waals surface area contributed by atoms with Gasteiger partial charge in [0.2, 0.25) is 0 Å². The van der Waals surface area contributed by atoms with E-state index in [1.165, 1.54) is 19.2 Å². The third kappa shape index (κ3) is 4.78. The molecule has 27 heavy (non-hydrogen) atoms. The number of methoxy groups -OCH3 is 1. The van der Waals surface area contributed by atoms with Gasteiger partial charge in [-0.1, -0.05) is 29.8 Å². The zero-order valence-corrected chi connectivity index (χ0v) is 16.5. The zero-order valence-electron chi connectivity index (χ0n) is 14.9. The lowest BCUT2D eigenvalue weighted by molar-refractivity contribution is -0.140. The highest BCUT2D eigenvalue weighted by atomic mass is 35.5. The van der Waals surface area contributed by atoms with Crippen LogP contribution in [0.3, 0.4) is 0 Å². The number of halogens is 1. The van der Waals surface area contributed by atoms with Gasteiger partial charge in [0.05, 0.1) is 24.1 Å². The first-order valence-corrected chi connectivity index (χ1v) is 10.0. The second-order valence-electron chi connectivity index (χ2n) is 5.69. The summed E-state index contributed by atoms with van der Waals surface area (Å²) in [7, 11) is -2.71. The Morgan fingerprint density at radius 1 is 1.11 bits per heavy atom. The molecule has 0 atom stereocenters. The summed E-state index contributed by atoms with van der Waals surface area (Å²) >= 11 is 6.19. The SMILES string of the molecule is COC(=O)CCN(c1cccc(Cl)c1CN)S(=O)(=O)c1ccc(CN)cc1. The molecule has 0 spiro atoms. The summed E-state index contributed by atoms with van der Waals surface area (Å²) in [6.07, 6.45) is -0.118. The van der Waals surface area contributed by atoms with E-state index in [9.17, 15) is 13.2 Å². The number of hydrogen-bond acceptors (Lipinski definition) is 6. The smallest absolute Gasteiger partial charge is 0.307 e. The third-order valence-electron chi connectivity index (χ3n) is 4.06. The summed E-state index contributed by atoms with van der Waals surface area (Å²) in [5.41, 5.74) is 13.0.